The number of thiocarbonyl (C=S) groups is 1. The lowest BCUT2D eigenvalue weighted by Crippen LogP contribution is -2.41. The molecule has 5 heteroatoms. The maximum atomic E-state index is 12.3. The maximum absolute atomic E-state index is 12.3. The van der Waals surface area contributed by atoms with Crippen LogP contribution < -0.4 is 10.1 Å². The molecule has 1 heterocycles. The molecular formula is C15H20N2O2S. The Morgan fingerprint density at radius 3 is 2.75 bits per heavy atom. The van der Waals surface area contributed by atoms with Crippen molar-refractivity contribution >= 4 is 23.2 Å². The first kappa shape index (κ1) is 14.8. The Balaban J connectivity index is 2.02. The minimum absolute atomic E-state index is 0.200. The summed E-state index contributed by atoms with van der Waals surface area (Å²) in [4.78, 5) is 14.3. The van der Waals surface area contributed by atoms with Crippen LogP contribution in [-0.4, -0.2) is 35.6 Å². The van der Waals surface area contributed by atoms with Crippen molar-refractivity contribution in [1.82, 2.24) is 10.2 Å². The highest BCUT2D eigenvalue weighted by Crippen LogP contribution is 2.18. The van der Waals surface area contributed by atoms with Gasteiger partial charge in [0.15, 0.2) is 5.11 Å². The van der Waals surface area contributed by atoms with E-state index in [2.05, 4.69) is 5.32 Å². The number of nitrogens with zero attached hydrogens (tertiary/aromatic N) is 1. The lowest BCUT2D eigenvalue weighted by molar-refractivity contribution is 0.0970. The first-order valence-electron chi connectivity index (χ1n) is 7.04. The molecule has 1 aromatic carbocycles. The molecule has 20 heavy (non-hydrogen) atoms. The molecule has 4 nitrogen and oxygen atoms in total. The number of carbonyl (C=O) groups excluding carboxylic acids is 1. The quantitative estimate of drug-likeness (QED) is 0.866. The van der Waals surface area contributed by atoms with E-state index in [1.807, 2.05) is 30.0 Å². The molecule has 0 radical (unpaired) electrons. The van der Waals surface area contributed by atoms with Gasteiger partial charge in [-0.3, -0.25) is 10.1 Å². The van der Waals surface area contributed by atoms with Crippen LogP contribution in [0.15, 0.2) is 24.3 Å². The van der Waals surface area contributed by atoms with E-state index in [0.717, 1.165) is 32.4 Å². The molecule has 1 fully saturated rings. The Kier molecular flexibility index (Phi) is 5.35. The van der Waals surface area contributed by atoms with E-state index in [9.17, 15) is 4.79 Å². The Morgan fingerprint density at radius 1 is 1.35 bits per heavy atom. The average Bonchev–Trinajstić information content (AvgIpc) is 2.99. The van der Waals surface area contributed by atoms with Gasteiger partial charge < -0.3 is 9.64 Å². The molecule has 1 aliphatic rings. The van der Waals surface area contributed by atoms with E-state index in [-0.39, 0.29) is 5.91 Å². The Morgan fingerprint density at radius 2 is 2.05 bits per heavy atom. The highest BCUT2D eigenvalue weighted by molar-refractivity contribution is 7.80. The molecule has 1 amide bonds. The summed E-state index contributed by atoms with van der Waals surface area (Å²) in [7, 11) is 0. The number of ether oxygens (including phenoxy) is 1. The normalized spacial score (nSPS) is 14.2. The fraction of sp³-hybridized carbons (Fsp3) is 0.467. The molecule has 1 N–H and O–H groups in total. The van der Waals surface area contributed by atoms with Gasteiger partial charge in [0.05, 0.1) is 12.2 Å². The molecule has 0 saturated carbocycles. The predicted molar refractivity (Wildman–Crippen MR) is 83.1 cm³/mol. The first-order chi connectivity index (χ1) is 9.72. The third-order valence-electron chi connectivity index (χ3n) is 3.21. The summed E-state index contributed by atoms with van der Waals surface area (Å²) in [5.74, 6) is 0.407. The van der Waals surface area contributed by atoms with Gasteiger partial charge in [0.25, 0.3) is 5.91 Å². The second-order valence-corrected chi connectivity index (χ2v) is 5.18. The van der Waals surface area contributed by atoms with E-state index in [0.29, 0.717) is 23.0 Å². The summed E-state index contributed by atoms with van der Waals surface area (Å²) in [5, 5.41) is 3.31. The molecule has 108 valence electrons. The van der Waals surface area contributed by atoms with Gasteiger partial charge >= 0.3 is 0 Å². The summed E-state index contributed by atoms with van der Waals surface area (Å²) < 4.78 is 5.60. The van der Waals surface area contributed by atoms with E-state index in [1.54, 1.807) is 6.07 Å². The zero-order valence-corrected chi connectivity index (χ0v) is 12.5. The third kappa shape index (κ3) is 3.70. The lowest BCUT2D eigenvalue weighted by atomic mass is 10.2. The number of nitrogens with one attached hydrogen (secondary N) is 1. The van der Waals surface area contributed by atoms with Gasteiger partial charge in [-0.2, -0.15) is 0 Å². The Labute approximate surface area is 125 Å². The number of para-hydroxylation sites is 1. The van der Waals surface area contributed by atoms with Crippen molar-refractivity contribution in [2.75, 3.05) is 19.7 Å². The predicted octanol–water partition coefficient (Wildman–Crippen LogP) is 2.59. The van der Waals surface area contributed by atoms with E-state index in [4.69, 9.17) is 17.0 Å². The molecular weight excluding hydrogens is 272 g/mol. The zero-order chi connectivity index (χ0) is 14.4. The van der Waals surface area contributed by atoms with Crippen LogP contribution in [0.3, 0.4) is 0 Å². The smallest absolute Gasteiger partial charge is 0.261 e. The second-order valence-electron chi connectivity index (χ2n) is 4.80. The highest BCUT2D eigenvalue weighted by Gasteiger charge is 2.19. The number of hydrogen-bond acceptors (Lipinski definition) is 3. The highest BCUT2D eigenvalue weighted by atomic mass is 32.1. The van der Waals surface area contributed by atoms with Crippen LogP contribution in [0.1, 0.15) is 36.5 Å². The van der Waals surface area contributed by atoms with Crippen LogP contribution in [0.2, 0.25) is 0 Å². The topological polar surface area (TPSA) is 41.6 Å². The lowest BCUT2D eigenvalue weighted by Gasteiger charge is -2.19. The van der Waals surface area contributed by atoms with Gasteiger partial charge in [0, 0.05) is 13.1 Å². The molecule has 1 aromatic rings. The van der Waals surface area contributed by atoms with Crippen LogP contribution in [0, 0.1) is 0 Å². The number of benzene rings is 1. The van der Waals surface area contributed by atoms with Crippen LogP contribution in [-0.2, 0) is 0 Å². The van der Waals surface area contributed by atoms with Gasteiger partial charge in [-0.1, -0.05) is 19.1 Å². The molecule has 2 rings (SSSR count). The molecule has 0 bridgehead atoms. The number of likely N-dealkylation sites (tertiary alicyclic amines) is 1. The Bertz CT molecular complexity index is 485. The fourth-order valence-corrected chi connectivity index (χ4v) is 2.43. The second kappa shape index (κ2) is 7.24. The molecule has 0 aromatic heterocycles. The van der Waals surface area contributed by atoms with E-state index < -0.39 is 0 Å². The van der Waals surface area contributed by atoms with Crippen LogP contribution >= 0.6 is 12.2 Å². The molecule has 0 aliphatic carbocycles. The van der Waals surface area contributed by atoms with Crippen LogP contribution in [0.25, 0.3) is 0 Å². The van der Waals surface area contributed by atoms with Gasteiger partial charge in [-0.05, 0) is 43.6 Å². The molecule has 0 spiro atoms. The zero-order valence-electron chi connectivity index (χ0n) is 11.7. The number of hydrogen-bond donors (Lipinski definition) is 1. The molecule has 0 atom stereocenters. The van der Waals surface area contributed by atoms with Crippen molar-refractivity contribution in [3.8, 4) is 5.75 Å². The van der Waals surface area contributed by atoms with Crippen molar-refractivity contribution in [3.63, 3.8) is 0 Å². The first-order valence-corrected chi connectivity index (χ1v) is 7.45. The van der Waals surface area contributed by atoms with Crippen molar-refractivity contribution < 1.29 is 9.53 Å². The summed E-state index contributed by atoms with van der Waals surface area (Å²) in [5.41, 5.74) is 0.530. The molecule has 0 unspecified atom stereocenters. The summed E-state index contributed by atoms with van der Waals surface area (Å²) in [6, 6.07) is 7.25. The van der Waals surface area contributed by atoms with Crippen molar-refractivity contribution in [2.24, 2.45) is 0 Å². The SMILES string of the molecule is CCCOc1ccccc1C(=O)NC(=S)N1CCCC1. The molecule has 1 aliphatic heterocycles. The van der Waals surface area contributed by atoms with Gasteiger partial charge in [-0.15, -0.1) is 0 Å². The van der Waals surface area contributed by atoms with Crippen LogP contribution in [0.5, 0.6) is 5.75 Å². The van der Waals surface area contributed by atoms with Gasteiger partial charge in [0.2, 0.25) is 0 Å². The van der Waals surface area contributed by atoms with Crippen molar-refractivity contribution in [1.29, 1.82) is 0 Å². The maximum Gasteiger partial charge on any atom is 0.261 e. The summed E-state index contributed by atoms with van der Waals surface area (Å²) >= 11 is 5.27. The molecule has 1 saturated heterocycles. The minimum atomic E-state index is -0.200. The van der Waals surface area contributed by atoms with Gasteiger partial charge in [0.1, 0.15) is 5.75 Å². The standard InChI is InChI=1S/C15H20N2O2S/c1-2-11-19-13-8-4-3-7-12(13)14(18)16-15(20)17-9-5-6-10-17/h3-4,7-8H,2,5-6,9-11H2,1H3,(H,16,18,20). The van der Waals surface area contributed by atoms with Gasteiger partial charge in [-0.25, -0.2) is 0 Å². The largest absolute Gasteiger partial charge is 0.493 e. The summed E-state index contributed by atoms with van der Waals surface area (Å²) in [6.07, 6.45) is 3.17. The minimum Gasteiger partial charge on any atom is -0.493 e. The fourth-order valence-electron chi connectivity index (χ4n) is 2.16. The number of amides is 1. The van der Waals surface area contributed by atoms with Crippen molar-refractivity contribution in [3.05, 3.63) is 29.8 Å². The monoisotopic (exact) mass is 292 g/mol. The Hall–Kier alpha value is -1.62. The van der Waals surface area contributed by atoms with Crippen molar-refractivity contribution in [2.45, 2.75) is 26.2 Å². The average molecular weight is 292 g/mol. The van der Waals surface area contributed by atoms with Crippen LogP contribution in [0.4, 0.5) is 0 Å². The summed E-state index contributed by atoms with van der Waals surface area (Å²) in [6.45, 7) is 4.48. The van der Waals surface area contributed by atoms with E-state index in [1.165, 1.54) is 0 Å². The number of rotatable bonds is 4. The number of carbonyl (C=O) groups is 1. The third-order valence-corrected chi connectivity index (χ3v) is 3.57. The van der Waals surface area contributed by atoms with E-state index >= 15 is 0 Å².